The minimum absolute atomic E-state index is 0.570. The minimum Gasteiger partial charge on any atom is -0.491 e. The molecule has 0 saturated carbocycles. The maximum atomic E-state index is 5.70. The van der Waals surface area contributed by atoms with Gasteiger partial charge in [0.05, 0.1) is 6.61 Å². The van der Waals surface area contributed by atoms with E-state index in [1.54, 1.807) is 0 Å². The molecule has 3 nitrogen and oxygen atoms in total. The van der Waals surface area contributed by atoms with Crippen molar-refractivity contribution in [3.63, 3.8) is 0 Å². The van der Waals surface area contributed by atoms with Crippen molar-refractivity contribution in [2.75, 3.05) is 19.8 Å². The van der Waals surface area contributed by atoms with Gasteiger partial charge in [0.2, 0.25) is 0 Å². The molecule has 3 heteroatoms. The normalized spacial score (nSPS) is 10.5. The lowest BCUT2D eigenvalue weighted by molar-refractivity contribution is 0.109. The summed E-state index contributed by atoms with van der Waals surface area (Å²) in [6.45, 7) is 8.59. The molecule has 0 aliphatic carbocycles. The van der Waals surface area contributed by atoms with Crippen LogP contribution in [0.3, 0.4) is 0 Å². The summed E-state index contributed by atoms with van der Waals surface area (Å²) in [6.07, 6.45) is 0. The Morgan fingerprint density at radius 3 is 2.25 bits per heavy atom. The van der Waals surface area contributed by atoms with E-state index in [1.807, 2.05) is 20.8 Å². The van der Waals surface area contributed by atoms with Crippen LogP contribution >= 0.6 is 0 Å². The van der Waals surface area contributed by atoms with Crippen molar-refractivity contribution < 1.29 is 9.47 Å². The quantitative estimate of drug-likeness (QED) is 0.752. The van der Waals surface area contributed by atoms with E-state index in [2.05, 4.69) is 12.1 Å². The topological polar surface area (TPSA) is 44.5 Å². The molecule has 2 N–H and O–H groups in total. The highest BCUT2D eigenvalue weighted by molar-refractivity contribution is 5.43. The first-order chi connectivity index (χ1) is 7.69. The summed E-state index contributed by atoms with van der Waals surface area (Å²) in [7, 11) is 0. The number of hydrogen-bond donors (Lipinski definition) is 1. The van der Waals surface area contributed by atoms with Crippen molar-refractivity contribution in [1.82, 2.24) is 0 Å². The minimum atomic E-state index is 0.570. The zero-order valence-electron chi connectivity index (χ0n) is 10.4. The van der Waals surface area contributed by atoms with E-state index in [-0.39, 0.29) is 0 Å². The third-order valence-corrected chi connectivity index (χ3v) is 2.43. The molecule has 0 bridgehead atoms. The van der Waals surface area contributed by atoms with Crippen LogP contribution < -0.4 is 10.5 Å². The Morgan fingerprint density at radius 2 is 1.75 bits per heavy atom. The van der Waals surface area contributed by atoms with Gasteiger partial charge in [-0.05, 0) is 37.5 Å². The molecule has 16 heavy (non-hydrogen) atoms. The second kappa shape index (κ2) is 6.51. The Morgan fingerprint density at radius 1 is 1.12 bits per heavy atom. The molecule has 0 aliphatic rings. The fourth-order valence-electron chi connectivity index (χ4n) is 1.73. The van der Waals surface area contributed by atoms with Gasteiger partial charge in [0.25, 0.3) is 0 Å². The fraction of sp³-hybridized carbons (Fsp3) is 0.538. The molecule has 1 aromatic carbocycles. The van der Waals surface area contributed by atoms with E-state index >= 15 is 0 Å². The van der Waals surface area contributed by atoms with Crippen molar-refractivity contribution in [2.45, 2.75) is 27.3 Å². The monoisotopic (exact) mass is 223 g/mol. The van der Waals surface area contributed by atoms with Gasteiger partial charge in [0, 0.05) is 13.2 Å². The highest BCUT2D eigenvalue weighted by Gasteiger charge is 2.05. The number of aryl methyl sites for hydroxylation is 2. The third-order valence-electron chi connectivity index (χ3n) is 2.43. The van der Waals surface area contributed by atoms with E-state index < -0.39 is 0 Å². The Hall–Kier alpha value is -1.06. The Labute approximate surface area is 97.6 Å². The van der Waals surface area contributed by atoms with Crippen LogP contribution in [0.5, 0.6) is 5.75 Å². The predicted octanol–water partition coefficient (Wildman–Crippen LogP) is 2.18. The molecule has 0 amide bonds. The Bertz CT molecular complexity index is 314. The van der Waals surface area contributed by atoms with Gasteiger partial charge in [-0.15, -0.1) is 0 Å². The average Bonchev–Trinajstić information content (AvgIpc) is 2.26. The second-order valence-electron chi connectivity index (χ2n) is 3.81. The first kappa shape index (κ1) is 13.0. The maximum Gasteiger partial charge on any atom is 0.125 e. The second-order valence-corrected chi connectivity index (χ2v) is 3.81. The van der Waals surface area contributed by atoms with Gasteiger partial charge in [-0.25, -0.2) is 0 Å². The third kappa shape index (κ3) is 3.51. The van der Waals surface area contributed by atoms with E-state index in [0.29, 0.717) is 19.8 Å². The first-order valence-corrected chi connectivity index (χ1v) is 5.69. The maximum absolute atomic E-state index is 5.70. The summed E-state index contributed by atoms with van der Waals surface area (Å²) in [5, 5.41) is 0. The van der Waals surface area contributed by atoms with Gasteiger partial charge in [-0.2, -0.15) is 0 Å². The average molecular weight is 223 g/mol. The van der Waals surface area contributed by atoms with Crippen LogP contribution in [0.2, 0.25) is 0 Å². The van der Waals surface area contributed by atoms with Crippen LogP contribution in [-0.4, -0.2) is 19.8 Å². The molecule has 1 rings (SSSR count). The molecule has 90 valence electrons. The molecule has 0 saturated heterocycles. The molecule has 0 radical (unpaired) electrons. The van der Waals surface area contributed by atoms with Gasteiger partial charge in [0.1, 0.15) is 12.4 Å². The van der Waals surface area contributed by atoms with E-state index in [1.165, 1.54) is 0 Å². The molecule has 1 aromatic rings. The summed E-state index contributed by atoms with van der Waals surface area (Å²) < 4.78 is 10.9. The highest BCUT2D eigenvalue weighted by atomic mass is 16.5. The zero-order chi connectivity index (χ0) is 12.0. The summed E-state index contributed by atoms with van der Waals surface area (Å²) in [5.74, 6) is 0.955. The number of nitrogens with two attached hydrogens (primary N) is 1. The van der Waals surface area contributed by atoms with Crippen LogP contribution in [-0.2, 0) is 11.3 Å². The molecular weight excluding hydrogens is 202 g/mol. The number of ether oxygens (including phenoxy) is 2. The van der Waals surface area contributed by atoms with Gasteiger partial charge in [-0.1, -0.05) is 12.1 Å². The SMILES string of the molecule is CCOCCOc1c(C)cc(CN)cc1C. The van der Waals surface area contributed by atoms with E-state index in [0.717, 1.165) is 29.0 Å². The molecule has 0 aromatic heterocycles. The summed E-state index contributed by atoms with van der Waals surface area (Å²) in [4.78, 5) is 0. The molecule has 0 spiro atoms. The predicted molar refractivity (Wildman–Crippen MR) is 65.8 cm³/mol. The van der Waals surface area contributed by atoms with Crippen molar-refractivity contribution >= 4 is 0 Å². The summed E-state index contributed by atoms with van der Waals surface area (Å²) in [5.41, 5.74) is 9.03. The van der Waals surface area contributed by atoms with Gasteiger partial charge in [-0.3, -0.25) is 0 Å². The van der Waals surface area contributed by atoms with Crippen LogP contribution in [0.25, 0.3) is 0 Å². The van der Waals surface area contributed by atoms with Crippen molar-refractivity contribution in [1.29, 1.82) is 0 Å². The van der Waals surface area contributed by atoms with Crippen molar-refractivity contribution in [2.24, 2.45) is 5.73 Å². The number of hydrogen-bond acceptors (Lipinski definition) is 3. The van der Waals surface area contributed by atoms with Crippen LogP contribution in [0, 0.1) is 13.8 Å². The van der Waals surface area contributed by atoms with Crippen LogP contribution in [0.15, 0.2) is 12.1 Å². The van der Waals surface area contributed by atoms with Gasteiger partial charge in [0.15, 0.2) is 0 Å². The highest BCUT2D eigenvalue weighted by Crippen LogP contribution is 2.24. The fourth-order valence-corrected chi connectivity index (χ4v) is 1.73. The largest absolute Gasteiger partial charge is 0.491 e. The summed E-state index contributed by atoms with van der Waals surface area (Å²) in [6, 6.07) is 4.14. The lowest BCUT2D eigenvalue weighted by Gasteiger charge is -2.13. The lowest BCUT2D eigenvalue weighted by Crippen LogP contribution is -2.08. The van der Waals surface area contributed by atoms with Gasteiger partial charge < -0.3 is 15.2 Å². The van der Waals surface area contributed by atoms with Gasteiger partial charge >= 0.3 is 0 Å². The van der Waals surface area contributed by atoms with E-state index in [4.69, 9.17) is 15.2 Å². The van der Waals surface area contributed by atoms with Crippen LogP contribution in [0.1, 0.15) is 23.6 Å². The lowest BCUT2D eigenvalue weighted by atomic mass is 10.1. The standard InChI is InChI=1S/C13H21NO2/c1-4-15-5-6-16-13-10(2)7-12(9-14)8-11(13)3/h7-8H,4-6,9,14H2,1-3H3. The number of rotatable bonds is 6. The Kier molecular flexibility index (Phi) is 5.29. The molecular formula is C13H21NO2. The number of benzene rings is 1. The molecule has 0 unspecified atom stereocenters. The van der Waals surface area contributed by atoms with Crippen LogP contribution in [0.4, 0.5) is 0 Å². The van der Waals surface area contributed by atoms with E-state index in [9.17, 15) is 0 Å². The molecule has 0 atom stereocenters. The molecule has 0 heterocycles. The Balaban J connectivity index is 2.65. The molecule has 0 fully saturated rings. The van der Waals surface area contributed by atoms with Crippen molar-refractivity contribution in [3.05, 3.63) is 28.8 Å². The summed E-state index contributed by atoms with van der Waals surface area (Å²) >= 11 is 0. The smallest absolute Gasteiger partial charge is 0.125 e. The first-order valence-electron chi connectivity index (χ1n) is 5.69. The molecule has 0 aliphatic heterocycles. The van der Waals surface area contributed by atoms with Crippen molar-refractivity contribution in [3.8, 4) is 5.75 Å². The zero-order valence-corrected chi connectivity index (χ0v) is 10.4.